The maximum Gasteiger partial charge on any atom is 0.255 e. The largest absolute Gasteiger partial charge is 0.322 e. The first-order valence-corrected chi connectivity index (χ1v) is 10.4. The molecule has 0 bridgehead atoms. The predicted molar refractivity (Wildman–Crippen MR) is 120 cm³/mol. The lowest BCUT2D eigenvalue weighted by Crippen LogP contribution is -2.64. The van der Waals surface area contributed by atoms with Gasteiger partial charge in [-0.2, -0.15) is 0 Å². The fourth-order valence-corrected chi connectivity index (χ4v) is 4.06. The Morgan fingerprint density at radius 2 is 1.84 bits per heavy atom. The molecule has 2 aliphatic rings. The molecule has 2 fully saturated rings. The number of rotatable bonds is 3. The van der Waals surface area contributed by atoms with E-state index >= 15 is 0 Å². The third kappa shape index (κ3) is 3.69. The van der Waals surface area contributed by atoms with Gasteiger partial charge in [-0.25, -0.2) is 4.98 Å². The van der Waals surface area contributed by atoms with E-state index in [1.807, 2.05) is 59.5 Å². The summed E-state index contributed by atoms with van der Waals surface area (Å²) < 4.78 is 0. The number of aromatic nitrogens is 1. The summed E-state index contributed by atoms with van der Waals surface area (Å²) >= 11 is 0. The fourth-order valence-electron chi connectivity index (χ4n) is 4.06. The van der Waals surface area contributed by atoms with Crippen molar-refractivity contribution in [1.29, 1.82) is 0 Å². The first-order valence-electron chi connectivity index (χ1n) is 10.4. The minimum atomic E-state index is -0.202. The number of hydrogen-bond acceptors (Lipinski definition) is 3. The highest BCUT2D eigenvalue weighted by molar-refractivity contribution is 6.07. The number of carbonyl (C=O) groups excluding carboxylic acids is 2. The molecule has 1 aliphatic carbocycles. The van der Waals surface area contributed by atoms with Gasteiger partial charge in [0.05, 0.1) is 5.41 Å². The molecule has 0 unspecified atom stereocenters. The van der Waals surface area contributed by atoms with E-state index in [2.05, 4.69) is 22.1 Å². The standard InChI is InChI=1S/C26H21N3O2/c30-24(20-9-12-23(13-10-20)29-18-26(25(29)31)14-4-15-26)28-22-7-3-5-19(17-22)8-11-21-6-1-2-16-27-21/h1-3,5-7,9-10,12-13,16-17H,4,14-15,18H2,(H,28,30). The number of nitrogens with zero attached hydrogens (tertiary/aromatic N) is 2. The second kappa shape index (κ2) is 7.73. The highest BCUT2D eigenvalue weighted by Gasteiger charge is 2.55. The van der Waals surface area contributed by atoms with Crippen molar-refractivity contribution >= 4 is 23.2 Å². The van der Waals surface area contributed by atoms with Crippen LogP contribution in [0.15, 0.2) is 72.9 Å². The second-order valence-corrected chi connectivity index (χ2v) is 8.07. The zero-order valence-corrected chi connectivity index (χ0v) is 17.0. The molecule has 0 atom stereocenters. The lowest BCUT2D eigenvalue weighted by atomic mass is 9.62. The average Bonchev–Trinajstić information content (AvgIpc) is 2.77. The molecule has 0 radical (unpaired) electrons. The van der Waals surface area contributed by atoms with Crippen molar-refractivity contribution in [3.63, 3.8) is 0 Å². The van der Waals surface area contributed by atoms with Crippen molar-refractivity contribution in [2.45, 2.75) is 19.3 Å². The quantitative estimate of drug-likeness (QED) is 0.522. The van der Waals surface area contributed by atoms with Crippen LogP contribution in [0.4, 0.5) is 11.4 Å². The number of nitrogens with one attached hydrogen (secondary N) is 1. The van der Waals surface area contributed by atoms with Crippen molar-refractivity contribution in [2.75, 3.05) is 16.8 Å². The van der Waals surface area contributed by atoms with Gasteiger partial charge in [-0.3, -0.25) is 9.59 Å². The first-order chi connectivity index (χ1) is 15.1. The summed E-state index contributed by atoms with van der Waals surface area (Å²) in [5, 5.41) is 2.91. The average molecular weight is 407 g/mol. The van der Waals surface area contributed by atoms with Crippen LogP contribution in [-0.2, 0) is 4.79 Å². The molecule has 152 valence electrons. The Balaban J connectivity index is 1.24. The summed E-state index contributed by atoms with van der Waals surface area (Å²) in [5.74, 6) is 6.10. The predicted octanol–water partition coefficient (Wildman–Crippen LogP) is 4.25. The fraction of sp³-hybridized carbons (Fsp3) is 0.192. The number of benzene rings is 2. The third-order valence-electron chi connectivity index (χ3n) is 6.03. The Morgan fingerprint density at radius 1 is 1.00 bits per heavy atom. The minimum absolute atomic E-state index is 0.0828. The zero-order chi connectivity index (χ0) is 21.3. The normalized spacial score (nSPS) is 16.0. The maximum atomic E-state index is 12.7. The van der Waals surface area contributed by atoms with Crippen LogP contribution in [0.25, 0.3) is 0 Å². The Kier molecular flexibility index (Phi) is 4.76. The van der Waals surface area contributed by atoms with Crippen LogP contribution in [0.1, 0.15) is 40.9 Å². The molecule has 5 nitrogen and oxygen atoms in total. The molecule has 2 heterocycles. The monoisotopic (exact) mass is 407 g/mol. The highest BCUT2D eigenvalue weighted by Crippen LogP contribution is 2.50. The molecule has 1 spiro atoms. The topological polar surface area (TPSA) is 62.3 Å². The lowest BCUT2D eigenvalue weighted by molar-refractivity contribution is -0.141. The molecule has 2 aromatic carbocycles. The molecule has 1 N–H and O–H groups in total. The second-order valence-electron chi connectivity index (χ2n) is 8.07. The van der Waals surface area contributed by atoms with E-state index in [1.54, 1.807) is 18.3 Å². The number of amides is 2. The van der Waals surface area contributed by atoms with E-state index in [0.29, 0.717) is 16.9 Å². The van der Waals surface area contributed by atoms with Crippen LogP contribution >= 0.6 is 0 Å². The highest BCUT2D eigenvalue weighted by atomic mass is 16.2. The summed E-state index contributed by atoms with van der Waals surface area (Å²) in [6.07, 6.45) is 4.87. The summed E-state index contributed by atoms with van der Waals surface area (Å²) in [6.45, 7) is 0.795. The molecule has 1 aromatic heterocycles. The van der Waals surface area contributed by atoms with Crippen LogP contribution in [0.3, 0.4) is 0 Å². The van der Waals surface area contributed by atoms with E-state index in [-0.39, 0.29) is 17.2 Å². The molecule has 2 amide bonds. The molecule has 3 aromatic rings. The Bertz CT molecular complexity index is 1200. The Labute approximate surface area is 181 Å². The number of carbonyl (C=O) groups is 2. The van der Waals surface area contributed by atoms with Gasteiger partial charge in [0.25, 0.3) is 5.91 Å². The minimum Gasteiger partial charge on any atom is -0.322 e. The summed E-state index contributed by atoms with van der Waals surface area (Å²) in [6, 6.07) is 20.2. The van der Waals surface area contributed by atoms with E-state index in [4.69, 9.17) is 0 Å². The lowest BCUT2D eigenvalue weighted by Gasteiger charge is -2.54. The SMILES string of the molecule is O=C(Nc1cccc(C#Cc2ccccn2)c1)c1ccc(N2CC3(CCC3)C2=O)cc1. The number of anilines is 2. The molecule has 1 saturated heterocycles. The summed E-state index contributed by atoms with van der Waals surface area (Å²) in [5.41, 5.74) is 3.47. The van der Waals surface area contributed by atoms with Crippen molar-refractivity contribution in [3.05, 3.63) is 89.7 Å². The van der Waals surface area contributed by atoms with Crippen molar-refractivity contribution in [1.82, 2.24) is 4.98 Å². The van der Waals surface area contributed by atoms with E-state index in [1.165, 1.54) is 0 Å². The van der Waals surface area contributed by atoms with Gasteiger partial charge >= 0.3 is 0 Å². The van der Waals surface area contributed by atoms with Gasteiger partial charge in [-0.05, 0) is 73.4 Å². The van der Waals surface area contributed by atoms with E-state index < -0.39 is 0 Å². The number of pyridine rings is 1. The van der Waals surface area contributed by atoms with Crippen LogP contribution in [-0.4, -0.2) is 23.3 Å². The molecular formula is C26H21N3O2. The molecule has 5 heteroatoms. The summed E-state index contributed by atoms with van der Waals surface area (Å²) in [4.78, 5) is 31.1. The van der Waals surface area contributed by atoms with Gasteiger partial charge in [0.1, 0.15) is 5.69 Å². The number of hydrogen-bond donors (Lipinski definition) is 1. The van der Waals surface area contributed by atoms with E-state index in [0.717, 1.165) is 37.1 Å². The molecule has 1 saturated carbocycles. The third-order valence-corrected chi connectivity index (χ3v) is 6.03. The van der Waals surface area contributed by atoms with Crippen molar-refractivity contribution in [2.24, 2.45) is 5.41 Å². The molecule has 1 aliphatic heterocycles. The Hall–Kier alpha value is -3.91. The molecule has 31 heavy (non-hydrogen) atoms. The zero-order valence-electron chi connectivity index (χ0n) is 17.0. The van der Waals surface area contributed by atoms with Crippen LogP contribution in [0, 0.1) is 17.3 Å². The van der Waals surface area contributed by atoms with Gasteiger partial charge in [0.2, 0.25) is 5.91 Å². The summed E-state index contributed by atoms with van der Waals surface area (Å²) in [7, 11) is 0. The van der Waals surface area contributed by atoms with Gasteiger partial charge in [-0.15, -0.1) is 0 Å². The van der Waals surface area contributed by atoms with Gasteiger partial charge < -0.3 is 10.2 Å². The van der Waals surface area contributed by atoms with E-state index in [9.17, 15) is 9.59 Å². The van der Waals surface area contributed by atoms with Gasteiger partial charge in [0, 0.05) is 35.2 Å². The van der Waals surface area contributed by atoms with Crippen molar-refractivity contribution in [3.8, 4) is 11.8 Å². The smallest absolute Gasteiger partial charge is 0.255 e. The molecule has 5 rings (SSSR count). The van der Waals surface area contributed by atoms with Crippen LogP contribution < -0.4 is 10.2 Å². The van der Waals surface area contributed by atoms with Gasteiger partial charge in [0.15, 0.2) is 0 Å². The maximum absolute atomic E-state index is 12.7. The van der Waals surface area contributed by atoms with Crippen molar-refractivity contribution < 1.29 is 9.59 Å². The van der Waals surface area contributed by atoms with Crippen LogP contribution in [0.2, 0.25) is 0 Å². The first kappa shape index (κ1) is 19.1. The van der Waals surface area contributed by atoms with Crippen LogP contribution in [0.5, 0.6) is 0 Å². The Morgan fingerprint density at radius 3 is 2.52 bits per heavy atom. The number of β-lactam (4-membered cyclic amide) rings is 1. The van der Waals surface area contributed by atoms with Gasteiger partial charge in [-0.1, -0.05) is 24.5 Å². The molecular weight excluding hydrogens is 386 g/mol.